The molecule has 24 heavy (non-hydrogen) atoms. The summed E-state index contributed by atoms with van der Waals surface area (Å²) in [7, 11) is 3.29. The second kappa shape index (κ2) is 8.39. The van der Waals surface area contributed by atoms with Gasteiger partial charge >= 0.3 is 5.97 Å². The Hall–Kier alpha value is -2.49. The predicted molar refractivity (Wildman–Crippen MR) is 96.5 cm³/mol. The minimum absolute atomic E-state index is 0.227. The highest BCUT2D eigenvalue weighted by molar-refractivity contribution is 5.96. The lowest BCUT2D eigenvalue weighted by atomic mass is 10.0. The van der Waals surface area contributed by atoms with Crippen molar-refractivity contribution in [1.82, 2.24) is 0 Å². The summed E-state index contributed by atoms with van der Waals surface area (Å²) in [5.41, 5.74) is 0.865. The first-order chi connectivity index (χ1) is 11.6. The molecule has 0 bridgehead atoms. The Morgan fingerprint density at radius 1 is 1.12 bits per heavy atom. The first-order valence-electron chi connectivity index (χ1n) is 8.02. The van der Waals surface area contributed by atoms with Gasteiger partial charge in [-0.1, -0.05) is 50.3 Å². The maximum atomic E-state index is 11.7. The van der Waals surface area contributed by atoms with E-state index in [1.807, 2.05) is 50.3 Å². The van der Waals surface area contributed by atoms with Gasteiger partial charge in [0.1, 0.15) is 11.5 Å². The zero-order valence-electron chi connectivity index (χ0n) is 14.7. The van der Waals surface area contributed by atoms with Gasteiger partial charge in [0.05, 0.1) is 27.2 Å². The number of hydrogen-bond donors (Lipinski definition) is 0. The topological polar surface area (TPSA) is 44.8 Å². The fourth-order valence-corrected chi connectivity index (χ4v) is 2.46. The van der Waals surface area contributed by atoms with Crippen LogP contribution in [0.5, 0.6) is 11.5 Å². The minimum atomic E-state index is -0.230. The van der Waals surface area contributed by atoms with E-state index >= 15 is 0 Å². The number of hydrogen-bond acceptors (Lipinski definition) is 4. The van der Waals surface area contributed by atoms with Crippen molar-refractivity contribution in [3.05, 3.63) is 42.0 Å². The van der Waals surface area contributed by atoms with E-state index in [1.165, 1.54) is 0 Å². The van der Waals surface area contributed by atoms with E-state index in [0.717, 1.165) is 27.8 Å². The van der Waals surface area contributed by atoms with Crippen molar-refractivity contribution in [3.63, 3.8) is 0 Å². The van der Waals surface area contributed by atoms with Gasteiger partial charge in [-0.2, -0.15) is 0 Å². The van der Waals surface area contributed by atoms with Gasteiger partial charge in [-0.05, 0) is 12.0 Å². The molecule has 2 rings (SSSR count). The molecule has 0 amide bonds. The van der Waals surface area contributed by atoms with Crippen molar-refractivity contribution in [1.29, 1.82) is 0 Å². The molecule has 2 aromatic rings. The van der Waals surface area contributed by atoms with Gasteiger partial charge in [0.15, 0.2) is 0 Å². The standard InChI is InChI=1S/C20H24O4/c1-14(2)13-24-19(21)11-7-8-15-12-18(22-3)16-9-5-6-10-17(16)20(15)23-4/h5-10,12,14H,11,13H2,1-4H3/b8-7+. The molecule has 4 nitrogen and oxygen atoms in total. The third-order valence-corrected chi connectivity index (χ3v) is 3.57. The lowest BCUT2D eigenvalue weighted by molar-refractivity contribution is -0.143. The highest BCUT2D eigenvalue weighted by atomic mass is 16.5. The van der Waals surface area contributed by atoms with Crippen LogP contribution < -0.4 is 9.47 Å². The molecule has 0 heterocycles. The fourth-order valence-electron chi connectivity index (χ4n) is 2.46. The van der Waals surface area contributed by atoms with Crippen molar-refractivity contribution in [2.45, 2.75) is 20.3 Å². The van der Waals surface area contributed by atoms with Crippen LogP contribution in [0.2, 0.25) is 0 Å². The van der Waals surface area contributed by atoms with Gasteiger partial charge in [0.2, 0.25) is 0 Å². The lowest BCUT2D eigenvalue weighted by Crippen LogP contribution is -2.08. The van der Waals surface area contributed by atoms with E-state index in [4.69, 9.17) is 14.2 Å². The van der Waals surface area contributed by atoms with Gasteiger partial charge in [0, 0.05) is 16.3 Å². The normalized spacial score (nSPS) is 11.2. The van der Waals surface area contributed by atoms with Gasteiger partial charge in [-0.25, -0.2) is 0 Å². The highest BCUT2D eigenvalue weighted by Crippen LogP contribution is 2.37. The summed E-state index contributed by atoms with van der Waals surface area (Å²) in [6.45, 7) is 4.46. The molecule has 0 unspecified atom stereocenters. The minimum Gasteiger partial charge on any atom is -0.496 e. The zero-order chi connectivity index (χ0) is 17.5. The van der Waals surface area contributed by atoms with Crippen LogP contribution in [0.3, 0.4) is 0 Å². The van der Waals surface area contributed by atoms with Crippen LogP contribution in [-0.4, -0.2) is 26.8 Å². The maximum Gasteiger partial charge on any atom is 0.309 e. The van der Waals surface area contributed by atoms with Gasteiger partial charge in [-0.3, -0.25) is 4.79 Å². The van der Waals surface area contributed by atoms with Crippen LogP contribution in [0.4, 0.5) is 0 Å². The van der Waals surface area contributed by atoms with E-state index in [9.17, 15) is 4.79 Å². The van der Waals surface area contributed by atoms with E-state index in [1.54, 1.807) is 20.3 Å². The van der Waals surface area contributed by atoms with Gasteiger partial charge < -0.3 is 14.2 Å². The number of esters is 1. The summed E-state index contributed by atoms with van der Waals surface area (Å²) in [6.07, 6.45) is 3.88. The molecule has 0 atom stereocenters. The Morgan fingerprint density at radius 2 is 1.83 bits per heavy atom. The van der Waals surface area contributed by atoms with Crippen LogP contribution in [0.1, 0.15) is 25.8 Å². The Kier molecular flexibility index (Phi) is 6.24. The van der Waals surface area contributed by atoms with Crippen molar-refractivity contribution < 1.29 is 19.0 Å². The third kappa shape index (κ3) is 4.28. The molecule has 0 radical (unpaired) electrons. The molecule has 0 N–H and O–H groups in total. The summed E-state index contributed by atoms with van der Waals surface area (Å²) < 4.78 is 16.2. The number of ether oxygens (including phenoxy) is 3. The molecule has 0 fully saturated rings. The Balaban J connectivity index is 2.25. The van der Waals surface area contributed by atoms with Crippen molar-refractivity contribution >= 4 is 22.8 Å². The Labute approximate surface area is 143 Å². The molecule has 0 spiro atoms. The lowest BCUT2D eigenvalue weighted by Gasteiger charge is -2.13. The summed E-state index contributed by atoms with van der Waals surface area (Å²) in [5, 5.41) is 1.96. The van der Waals surface area contributed by atoms with Crippen LogP contribution in [0.15, 0.2) is 36.4 Å². The largest absolute Gasteiger partial charge is 0.496 e. The second-order valence-electron chi connectivity index (χ2n) is 5.93. The highest BCUT2D eigenvalue weighted by Gasteiger charge is 2.11. The summed E-state index contributed by atoms with van der Waals surface area (Å²) in [6, 6.07) is 9.82. The molecule has 4 heteroatoms. The molecule has 0 saturated carbocycles. The van der Waals surface area contributed by atoms with E-state index < -0.39 is 0 Å². The zero-order valence-corrected chi connectivity index (χ0v) is 14.7. The number of rotatable bonds is 7. The van der Waals surface area contributed by atoms with Crippen LogP contribution in [0, 0.1) is 5.92 Å². The molecule has 2 aromatic carbocycles. The molecular formula is C20H24O4. The number of fused-ring (bicyclic) bond motifs is 1. The van der Waals surface area contributed by atoms with Crippen LogP contribution >= 0.6 is 0 Å². The molecular weight excluding hydrogens is 304 g/mol. The first-order valence-corrected chi connectivity index (χ1v) is 8.02. The number of benzene rings is 2. The second-order valence-corrected chi connectivity index (χ2v) is 5.93. The molecule has 128 valence electrons. The average Bonchev–Trinajstić information content (AvgIpc) is 2.59. The van der Waals surface area contributed by atoms with E-state index in [2.05, 4.69) is 0 Å². The number of carbonyl (C=O) groups excluding carboxylic acids is 1. The smallest absolute Gasteiger partial charge is 0.309 e. The van der Waals surface area contributed by atoms with E-state index in [0.29, 0.717) is 12.5 Å². The Bertz CT molecular complexity index is 732. The first kappa shape index (κ1) is 17.9. The van der Waals surface area contributed by atoms with Crippen LogP contribution in [-0.2, 0) is 9.53 Å². The fraction of sp³-hybridized carbons (Fsp3) is 0.350. The summed E-state index contributed by atoms with van der Waals surface area (Å²) >= 11 is 0. The molecule has 0 aromatic heterocycles. The summed E-state index contributed by atoms with van der Waals surface area (Å²) in [5.74, 6) is 1.64. The number of methoxy groups -OCH3 is 2. The number of carbonyl (C=O) groups is 1. The van der Waals surface area contributed by atoms with Crippen molar-refractivity contribution in [2.24, 2.45) is 5.92 Å². The average molecular weight is 328 g/mol. The molecule has 0 saturated heterocycles. The quantitative estimate of drug-likeness (QED) is 0.704. The molecule has 0 aliphatic heterocycles. The van der Waals surface area contributed by atoms with E-state index in [-0.39, 0.29) is 12.4 Å². The van der Waals surface area contributed by atoms with Crippen molar-refractivity contribution in [3.8, 4) is 11.5 Å². The van der Waals surface area contributed by atoms with Gasteiger partial charge in [0.25, 0.3) is 0 Å². The molecule has 0 aliphatic rings. The van der Waals surface area contributed by atoms with Crippen molar-refractivity contribution in [2.75, 3.05) is 20.8 Å². The predicted octanol–water partition coefficient (Wildman–Crippen LogP) is 4.46. The maximum absolute atomic E-state index is 11.7. The monoisotopic (exact) mass is 328 g/mol. The third-order valence-electron chi connectivity index (χ3n) is 3.57. The molecule has 0 aliphatic carbocycles. The Morgan fingerprint density at radius 3 is 2.46 bits per heavy atom. The summed E-state index contributed by atoms with van der Waals surface area (Å²) in [4.78, 5) is 11.7. The van der Waals surface area contributed by atoms with Crippen LogP contribution in [0.25, 0.3) is 16.8 Å². The SMILES string of the molecule is COc1cc(/C=C/CC(=O)OCC(C)C)c(OC)c2ccccc12. The van der Waals surface area contributed by atoms with Gasteiger partial charge in [-0.15, -0.1) is 0 Å².